The Hall–Kier alpha value is -2.21. The Morgan fingerprint density at radius 1 is 1.41 bits per heavy atom. The third-order valence-electron chi connectivity index (χ3n) is 4.19. The van der Waals surface area contributed by atoms with Crippen LogP contribution in [0.25, 0.3) is 11.3 Å². The summed E-state index contributed by atoms with van der Waals surface area (Å²) in [5, 5.41) is 13.2. The minimum atomic E-state index is -0.144. The van der Waals surface area contributed by atoms with Crippen LogP contribution in [0.5, 0.6) is 0 Å². The Morgan fingerprint density at radius 3 is 2.91 bits per heavy atom. The molecular formula is C16H19N3O3. The van der Waals surface area contributed by atoms with Gasteiger partial charge in [0.05, 0.1) is 0 Å². The van der Waals surface area contributed by atoms with Gasteiger partial charge in [-0.1, -0.05) is 5.16 Å². The molecule has 116 valence electrons. The van der Waals surface area contributed by atoms with Crippen LogP contribution < -0.4 is 0 Å². The van der Waals surface area contributed by atoms with E-state index in [2.05, 4.69) is 10.1 Å². The predicted octanol–water partition coefficient (Wildman–Crippen LogP) is 1.97. The first-order valence-electron chi connectivity index (χ1n) is 7.48. The summed E-state index contributed by atoms with van der Waals surface area (Å²) < 4.78 is 5.28. The van der Waals surface area contributed by atoms with E-state index in [1.165, 1.54) is 0 Å². The van der Waals surface area contributed by atoms with Crippen molar-refractivity contribution in [1.82, 2.24) is 15.0 Å². The topological polar surface area (TPSA) is 79.5 Å². The second-order valence-corrected chi connectivity index (χ2v) is 5.74. The molecule has 22 heavy (non-hydrogen) atoms. The minimum absolute atomic E-state index is 0.109. The predicted molar refractivity (Wildman–Crippen MR) is 80.0 cm³/mol. The Bertz CT molecular complexity index is 641. The Morgan fingerprint density at radius 2 is 2.18 bits per heavy atom. The summed E-state index contributed by atoms with van der Waals surface area (Å²) in [6.07, 6.45) is 5.17. The van der Waals surface area contributed by atoms with Gasteiger partial charge in [0, 0.05) is 43.2 Å². The number of hydrogen-bond acceptors (Lipinski definition) is 5. The van der Waals surface area contributed by atoms with E-state index in [9.17, 15) is 9.90 Å². The fourth-order valence-electron chi connectivity index (χ4n) is 2.79. The highest BCUT2D eigenvalue weighted by atomic mass is 16.5. The number of amides is 1. The first-order valence-corrected chi connectivity index (χ1v) is 7.48. The van der Waals surface area contributed by atoms with Crippen molar-refractivity contribution >= 4 is 5.91 Å². The zero-order chi connectivity index (χ0) is 15.5. The van der Waals surface area contributed by atoms with E-state index in [1.54, 1.807) is 35.5 Å². The molecule has 6 nitrogen and oxygen atoms in total. The lowest BCUT2D eigenvalue weighted by atomic mass is 9.94. The van der Waals surface area contributed by atoms with Crippen LogP contribution in [0.1, 0.15) is 30.3 Å². The molecule has 1 N–H and O–H groups in total. The van der Waals surface area contributed by atoms with Gasteiger partial charge in [-0.2, -0.15) is 0 Å². The summed E-state index contributed by atoms with van der Waals surface area (Å²) >= 11 is 0. The van der Waals surface area contributed by atoms with E-state index in [1.807, 2.05) is 6.92 Å². The van der Waals surface area contributed by atoms with Crippen LogP contribution in [0.3, 0.4) is 0 Å². The minimum Gasteiger partial charge on any atom is -0.396 e. The number of likely N-dealkylation sites (tertiary alicyclic amines) is 1. The molecule has 0 aliphatic carbocycles. The quantitative estimate of drug-likeness (QED) is 0.937. The zero-order valence-electron chi connectivity index (χ0n) is 12.5. The van der Waals surface area contributed by atoms with Crippen LogP contribution in [0, 0.1) is 5.92 Å². The third kappa shape index (κ3) is 2.87. The Balaban J connectivity index is 1.79. The molecule has 1 saturated heterocycles. The van der Waals surface area contributed by atoms with Gasteiger partial charge in [0.2, 0.25) is 0 Å². The number of aliphatic hydroxyl groups is 1. The maximum Gasteiger partial charge on any atom is 0.276 e. The summed E-state index contributed by atoms with van der Waals surface area (Å²) in [5.41, 5.74) is 1.14. The second-order valence-electron chi connectivity index (χ2n) is 5.74. The number of hydrogen-bond donors (Lipinski definition) is 1. The van der Waals surface area contributed by atoms with Crippen LogP contribution in [0.15, 0.2) is 35.1 Å². The number of carbonyl (C=O) groups excluding carboxylic acids is 1. The van der Waals surface area contributed by atoms with E-state index in [0.29, 0.717) is 18.0 Å². The van der Waals surface area contributed by atoms with Crippen LogP contribution in [0.4, 0.5) is 0 Å². The maximum atomic E-state index is 12.6. The SMILES string of the molecule is CC1CCC(CO)CN1C(=O)c1cc(-c2ccncc2)on1. The molecule has 3 rings (SSSR count). The fourth-order valence-corrected chi connectivity index (χ4v) is 2.79. The number of rotatable bonds is 3. The Labute approximate surface area is 128 Å². The molecule has 0 radical (unpaired) electrons. The molecule has 1 aliphatic rings. The van der Waals surface area contributed by atoms with Gasteiger partial charge in [-0.25, -0.2) is 0 Å². The highest BCUT2D eigenvalue weighted by Crippen LogP contribution is 2.25. The molecule has 3 heterocycles. The van der Waals surface area contributed by atoms with Crippen LogP contribution in [-0.2, 0) is 0 Å². The first-order chi connectivity index (χ1) is 10.7. The molecule has 1 aliphatic heterocycles. The summed E-state index contributed by atoms with van der Waals surface area (Å²) in [6.45, 7) is 2.70. The van der Waals surface area contributed by atoms with E-state index in [0.717, 1.165) is 18.4 Å². The second kappa shape index (κ2) is 6.27. The van der Waals surface area contributed by atoms with Gasteiger partial charge in [0.1, 0.15) is 0 Å². The van der Waals surface area contributed by atoms with Gasteiger partial charge >= 0.3 is 0 Å². The molecule has 2 aromatic heterocycles. The third-order valence-corrected chi connectivity index (χ3v) is 4.19. The van der Waals surface area contributed by atoms with Gasteiger partial charge < -0.3 is 14.5 Å². The lowest BCUT2D eigenvalue weighted by molar-refractivity contribution is 0.0479. The summed E-state index contributed by atoms with van der Waals surface area (Å²) in [6, 6.07) is 5.42. The standard InChI is InChI=1S/C16H19N3O3/c1-11-2-3-12(10-20)9-19(11)16(21)14-8-15(22-18-14)13-4-6-17-7-5-13/h4-8,11-12,20H,2-3,9-10H2,1H3. The average molecular weight is 301 g/mol. The number of piperidine rings is 1. The lowest BCUT2D eigenvalue weighted by Gasteiger charge is -2.36. The molecule has 0 saturated carbocycles. The van der Waals surface area contributed by atoms with Gasteiger partial charge in [0.15, 0.2) is 11.5 Å². The van der Waals surface area contributed by atoms with Gasteiger partial charge in [-0.3, -0.25) is 9.78 Å². The fraction of sp³-hybridized carbons (Fsp3) is 0.438. The summed E-state index contributed by atoms with van der Waals surface area (Å²) in [5.74, 6) is 0.551. The van der Waals surface area contributed by atoms with Crippen molar-refractivity contribution < 1.29 is 14.4 Å². The van der Waals surface area contributed by atoms with Crippen LogP contribution >= 0.6 is 0 Å². The summed E-state index contributed by atoms with van der Waals surface area (Å²) in [7, 11) is 0. The number of aliphatic hydroxyl groups excluding tert-OH is 1. The van der Waals surface area contributed by atoms with E-state index in [-0.39, 0.29) is 24.5 Å². The van der Waals surface area contributed by atoms with Gasteiger partial charge in [-0.15, -0.1) is 0 Å². The van der Waals surface area contributed by atoms with Gasteiger partial charge in [-0.05, 0) is 37.8 Å². The normalized spacial score (nSPS) is 21.8. The molecule has 1 amide bonds. The zero-order valence-corrected chi connectivity index (χ0v) is 12.5. The molecular weight excluding hydrogens is 282 g/mol. The smallest absolute Gasteiger partial charge is 0.276 e. The van der Waals surface area contributed by atoms with Crippen molar-refractivity contribution in [2.45, 2.75) is 25.8 Å². The van der Waals surface area contributed by atoms with Crippen LogP contribution in [-0.4, -0.2) is 45.2 Å². The number of carbonyl (C=O) groups is 1. The molecule has 2 aromatic rings. The van der Waals surface area contributed by atoms with Crippen molar-refractivity contribution in [2.75, 3.05) is 13.2 Å². The molecule has 0 spiro atoms. The monoisotopic (exact) mass is 301 g/mol. The highest BCUT2D eigenvalue weighted by Gasteiger charge is 2.30. The highest BCUT2D eigenvalue weighted by molar-refractivity contribution is 5.93. The van der Waals surface area contributed by atoms with E-state index in [4.69, 9.17) is 4.52 Å². The van der Waals surface area contributed by atoms with E-state index >= 15 is 0 Å². The Kier molecular flexibility index (Phi) is 4.20. The van der Waals surface area contributed by atoms with Crippen molar-refractivity contribution in [3.63, 3.8) is 0 Å². The van der Waals surface area contributed by atoms with Crippen molar-refractivity contribution in [3.05, 3.63) is 36.3 Å². The molecule has 2 unspecified atom stereocenters. The molecule has 0 aromatic carbocycles. The van der Waals surface area contributed by atoms with Gasteiger partial charge in [0.25, 0.3) is 5.91 Å². The van der Waals surface area contributed by atoms with Crippen LogP contribution in [0.2, 0.25) is 0 Å². The van der Waals surface area contributed by atoms with Crippen molar-refractivity contribution in [1.29, 1.82) is 0 Å². The van der Waals surface area contributed by atoms with E-state index < -0.39 is 0 Å². The molecule has 1 fully saturated rings. The summed E-state index contributed by atoms with van der Waals surface area (Å²) in [4.78, 5) is 18.4. The maximum absolute atomic E-state index is 12.6. The molecule has 0 bridgehead atoms. The number of pyridine rings is 1. The van der Waals surface area contributed by atoms with Crippen molar-refractivity contribution in [3.8, 4) is 11.3 Å². The van der Waals surface area contributed by atoms with Crippen molar-refractivity contribution in [2.24, 2.45) is 5.92 Å². The number of nitrogens with zero attached hydrogens (tertiary/aromatic N) is 3. The average Bonchev–Trinajstić information content (AvgIpc) is 3.05. The number of aromatic nitrogens is 2. The largest absolute Gasteiger partial charge is 0.396 e. The lowest BCUT2D eigenvalue weighted by Crippen LogP contribution is -2.46. The first kappa shape index (κ1) is 14.7. The molecule has 6 heteroatoms. The molecule has 2 atom stereocenters.